The molecular formula is C14H15N5O. The third-order valence-electron chi connectivity index (χ3n) is 2.90. The van der Waals surface area contributed by atoms with Crippen LogP contribution in [-0.2, 0) is 0 Å². The Kier molecular flexibility index (Phi) is 3.30. The Morgan fingerprint density at radius 1 is 1.25 bits per heavy atom. The first-order chi connectivity index (χ1) is 9.72. The molecule has 20 heavy (non-hydrogen) atoms. The van der Waals surface area contributed by atoms with Crippen molar-refractivity contribution in [2.24, 2.45) is 5.73 Å². The van der Waals surface area contributed by atoms with Crippen molar-refractivity contribution < 1.29 is 4.42 Å². The molecule has 0 bridgehead atoms. The van der Waals surface area contributed by atoms with Crippen LogP contribution in [0.2, 0.25) is 0 Å². The number of nitrogens with zero attached hydrogens (tertiary/aromatic N) is 3. The number of nitrogens with two attached hydrogens (primary N) is 1. The van der Waals surface area contributed by atoms with E-state index in [-0.39, 0.29) is 6.04 Å². The van der Waals surface area contributed by atoms with E-state index >= 15 is 0 Å². The zero-order valence-corrected chi connectivity index (χ0v) is 11.1. The molecule has 1 aromatic carbocycles. The Morgan fingerprint density at radius 3 is 2.90 bits per heavy atom. The van der Waals surface area contributed by atoms with Crippen LogP contribution in [0.25, 0.3) is 22.4 Å². The van der Waals surface area contributed by atoms with Crippen LogP contribution in [0.1, 0.15) is 6.92 Å². The number of aromatic nitrogens is 3. The number of rotatable bonds is 4. The molecule has 1 atom stereocenters. The third-order valence-corrected chi connectivity index (χ3v) is 2.90. The molecular weight excluding hydrogens is 254 g/mol. The van der Waals surface area contributed by atoms with Crippen LogP contribution in [0.3, 0.4) is 0 Å². The highest BCUT2D eigenvalue weighted by molar-refractivity contribution is 5.78. The van der Waals surface area contributed by atoms with E-state index in [1.165, 1.54) is 6.39 Å². The molecule has 0 saturated heterocycles. The number of hydrogen-bond acceptors (Lipinski definition) is 6. The van der Waals surface area contributed by atoms with Gasteiger partial charge < -0.3 is 15.5 Å². The summed E-state index contributed by atoms with van der Waals surface area (Å²) >= 11 is 0. The van der Waals surface area contributed by atoms with E-state index in [0.29, 0.717) is 12.4 Å². The summed E-state index contributed by atoms with van der Waals surface area (Å²) in [5, 5.41) is 11.5. The normalized spacial score (nSPS) is 12.5. The zero-order chi connectivity index (χ0) is 13.9. The minimum atomic E-state index is 0.0744. The molecule has 0 aliphatic heterocycles. The lowest BCUT2D eigenvalue weighted by molar-refractivity contribution is 0.602. The van der Waals surface area contributed by atoms with Gasteiger partial charge in [-0.15, -0.1) is 10.2 Å². The van der Waals surface area contributed by atoms with Crippen LogP contribution in [-0.4, -0.2) is 27.8 Å². The topological polar surface area (TPSA) is 89.9 Å². The fraction of sp³-hybridized carbons (Fsp3) is 0.214. The maximum Gasteiger partial charge on any atom is 0.181 e. The van der Waals surface area contributed by atoms with Gasteiger partial charge >= 0.3 is 0 Å². The highest BCUT2D eigenvalue weighted by Gasteiger charge is 2.05. The standard InChI is InChI=1S/C14H15N5O/c1-9(15)7-16-14-5-4-11(18-19-14)10-2-3-12-13(6-10)20-8-17-12/h2-6,8-9H,7,15H2,1H3,(H,16,19). The first-order valence-electron chi connectivity index (χ1n) is 6.39. The number of hydrogen-bond donors (Lipinski definition) is 2. The second-order valence-corrected chi connectivity index (χ2v) is 4.70. The van der Waals surface area contributed by atoms with Gasteiger partial charge in [0.15, 0.2) is 12.0 Å². The number of oxazole rings is 1. The summed E-state index contributed by atoms with van der Waals surface area (Å²) in [4.78, 5) is 4.08. The molecule has 2 heterocycles. The SMILES string of the molecule is CC(N)CNc1ccc(-c2ccc3ncoc3c2)nn1. The van der Waals surface area contributed by atoms with Crippen molar-refractivity contribution in [1.29, 1.82) is 0 Å². The minimum absolute atomic E-state index is 0.0744. The molecule has 2 aromatic heterocycles. The number of nitrogens with one attached hydrogen (secondary N) is 1. The highest BCUT2D eigenvalue weighted by Crippen LogP contribution is 2.22. The van der Waals surface area contributed by atoms with Crippen molar-refractivity contribution in [3.05, 3.63) is 36.7 Å². The number of benzene rings is 1. The smallest absolute Gasteiger partial charge is 0.181 e. The molecule has 3 rings (SSSR count). The molecule has 0 amide bonds. The van der Waals surface area contributed by atoms with Crippen LogP contribution in [0.4, 0.5) is 5.82 Å². The van der Waals surface area contributed by atoms with Gasteiger partial charge in [0.05, 0.1) is 5.69 Å². The van der Waals surface area contributed by atoms with Gasteiger partial charge in [0, 0.05) is 18.2 Å². The van der Waals surface area contributed by atoms with E-state index in [2.05, 4.69) is 20.5 Å². The van der Waals surface area contributed by atoms with Crippen LogP contribution in [0.15, 0.2) is 41.1 Å². The molecule has 0 saturated carbocycles. The van der Waals surface area contributed by atoms with Gasteiger partial charge in [-0.2, -0.15) is 0 Å². The molecule has 6 nitrogen and oxygen atoms in total. The first-order valence-corrected chi connectivity index (χ1v) is 6.39. The van der Waals surface area contributed by atoms with Crippen LogP contribution >= 0.6 is 0 Å². The Morgan fingerprint density at radius 2 is 2.15 bits per heavy atom. The van der Waals surface area contributed by atoms with Gasteiger partial charge in [-0.05, 0) is 31.2 Å². The molecule has 0 spiro atoms. The highest BCUT2D eigenvalue weighted by atomic mass is 16.3. The van der Waals surface area contributed by atoms with E-state index in [0.717, 1.165) is 22.4 Å². The average Bonchev–Trinajstić information content (AvgIpc) is 2.93. The number of anilines is 1. The van der Waals surface area contributed by atoms with E-state index in [1.807, 2.05) is 37.3 Å². The summed E-state index contributed by atoms with van der Waals surface area (Å²) in [6.07, 6.45) is 1.43. The summed E-state index contributed by atoms with van der Waals surface area (Å²) in [6, 6.07) is 9.62. The summed E-state index contributed by atoms with van der Waals surface area (Å²) in [5.74, 6) is 0.715. The molecule has 3 N–H and O–H groups in total. The third kappa shape index (κ3) is 2.60. The molecule has 0 fully saturated rings. The predicted molar refractivity (Wildman–Crippen MR) is 77.2 cm³/mol. The lowest BCUT2D eigenvalue weighted by atomic mass is 10.1. The minimum Gasteiger partial charge on any atom is -0.443 e. The van der Waals surface area contributed by atoms with Crippen LogP contribution in [0, 0.1) is 0 Å². The van der Waals surface area contributed by atoms with Crippen molar-refractivity contribution in [1.82, 2.24) is 15.2 Å². The molecule has 0 aliphatic rings. The van der Waals surface area contributed by atoms with E-state index in [1.54, 1.807) is 0 Å². The van der Waals surface area contributed by atoms with Gasteiger partial charge in [-0.25, -0.2) is 4.98 Å². The van der Waals surface area contributed by atoms with Crippen molar-refractivity contribution in [2.45, 2.75) is 13.0 Å². The quantitative estimate of drug-likeness (QED) is 0.753. The second kappa shape index (κ2) is 5.26. The second-order valence-electron chi connectivity index (χ2n) is 4.70. The van der Waals surface area contributed by atoms with Gasteiger partial charge in [0.25, 0.3) is 0 Å². The monoisotopic (exact) mass is 269 g/mol. The van der Waals surface area contributed by atoms with Gasteiger partial charge in [0.1, 0.15) is 11.3 Å². The number of fused-ring (bicyclic) bond motifs is 1. The fourth-order valence-corrected chi connectivity index (χ4v) is 1.86. The molecule has 0 radical (unpaired) electrons. The molecule has 0 aliphatic carbocycles. The molecule has 3 aromatic rings. The molecule has 1 unspecified atom stereocenters. The van der Waals surface area contributed by atoms with E-state index in [9.17, 15) is 0 Å². The maximum absolute atomic E-state index is 5.68. The first kappa shape index (κ1) is 12.6. The molecule has 6 heteroatoms. The van der Waals surface area contributed by atoms with Crippen molar-refractivity contribution in [3.8, 4) is 11.3 Å². The van der Waals surface area contributed by atoms with Crippen LogP contribution < -0.4 is 11.1 Å². The van der Waals surface area contributed by atoms with Gasteiger partial charge in [-0.3, -0.25) is 0 Å². The summed E-state index contributed by atoms with van der Waals surface area (Å²) in [7, 11) is 0. The van der Waals surface area contributed by atoms with E-state index in [4.69, 9.17) is 10.2 Å². The predicted octanol–water partition coefficient (Wildman–Crippen LogP) is 2.04. The lowest BCUT2D eigenvalue weighted by Crippen LogP contribution is -2.25. The Balaban J connectivity index is 1.82. The summed E-state index contributed by atoms with van der Waals surface area (Å²) in [6.45, 7) is 2.60. The Hall–Kier alpha value is -2.47. The fourth-order valence-electron chi connectivity index (χ4n) is 1.86. The average molecular weight is 269 g/mol. The zero-order valence-electron chi connectivity index (χ0n) is 11.1. The summed E-state index contributed by atoms with van der Waals surface area (Å²) in [5.41, 5.74) is 8.98. The summed E-state index contributed by atoms with van der Waals surface area (Å²) < 4.78 is 5.28. The Bertz CT molecular complexity index is 705. The van der Waals surface area contributed by atoms with E-state index < -0.39 is 0 Å². The largest absolute Gasteiger partial charge is 0.443 e. The van der Waals surface area contributed by atoms with Gasteiger partial charge in [-0.1, -0.05) is 6.07 Å². The lowest BCUT2D eigenvalue weighted by Gasteiger charge is -2.07. The van der Waals surface area contributed by atoms with Crippen molar-refractivity contribution >= 4 is 16.9 Å². The van der Waals surface area contributed by atoms with Crippen molar-refractivity contribution in [3.63, 3.8) is 0 Å². The Labute approximate surface area is 116 Å². The maximum atomic E-state index is 5.68. The molecule has 102 valence electrons. The van der Waals surface area contributed by atoms with Crippen molar-refractivity contribution in [2.75, 3.05) is 11.9 Å². The van der Waals surface area contributed by atoms with Gasteiger partial charge in [0.2, 0.25) is 0 Å². The van der Waals surface area contributed by atoms with Crippen LogP contribution in [0.5, 0.6) is 0 Å².